The highest BCUT2D eigenvalue weighted by molar-refractivity contribution is 6.32. The third-order valence-electron chi connectivity index (χ3n) is 6.99. The number of piperidine rings is 1. The van der Waals surface area contributed by atoms with Crippen LogP contribution in [0.5, 0.6) is 5.75 Å². The van der Waals surface area contributed by atoms with Gasteiger partial charge < -0.3 is 14.9 Å². The van der Waals surface area contributed by atoms with Crippen molar-refractivity contribution < 1.29 is 19.7 Å². The quantitative estimate of drug-likeness (QED) is 0.426. The van der Waals surface area contributed by atoms with Crippen molar-refractivity contribution in [2.24, 2.45) is 5.41 Å². The van der Waals surface area contributed by atoms with Gasteiger partial charge in [0.05, 0.1) is 36.7 Å². The first-order chi connectivity index (χ1) is 17.4. The van der Waals surface area contributed by atoms with Gasteiger partial charge in [0.25, 0.3) is 0 Å². The first kappa shape index (κ1) is 25.9. The molecule has 1 aromatic carbocycles. The molecule has 8 heteroatoms. The molecule has 2 N–H and O–H groups in total. The van der Waals surface area contributed by atoms with Gasteiger partial charge in [0.1, 0.15) is 5.75 Å². The van der Waals surface area contributed by atoms with Crippen molar-refractivity contribution in [1.29, 1.82) is 0 Å². The number of fused-ring (bicyclic) bond motifs is 1. The Morgan fingerprint density at radius 1 is 1.28 bits per heavy atom. The predicted molar refractivity (Wildman–Crippen MR) is 139 cm³/mol. The van der Waals surface area contributed by atoms with Gasteiger partial charge in [0.15, 0.2) is 0 Å². The van der Waals surface area contributed by atoms with E-state index in [4.69, 9.17) is 16.3 Å². The van der Waals surface area contributed by atoms with Crippen LogP contribution in [0.1, 0.15) is 49.3 Å². The minimum absolute atomic E-state index is 0.0770. The number of rotatable bonds is 8. The van der Waals surface area contributed by atoms with Crippen LogP contribution in [-0.4, -0.2) is 57.8 Å². The molecule has 0 bridgehead atoms. The largest absolute Gasteiger partial charge is 0.497 e. The number of likely N-dealkylation sites (tertiary alicyclic amines) is 1. The Morgan fingerprint density at radius 2 is 2.08 bits per heavy atom. The van der Waals surface area contributed by atoms with Crippen molar-refractivity contribution in [3.63, 3.8) is 0 Å². The minimum Gasteiger partial charge on any atom is -0.497 e. The molecule has 3 aromatic rings. The fraction of sp³-hybridized carbons (Fsp3) is 0.393. The molecule has 0 aliphatic carbocycles. The Bertz CT molecular complexity index is 1260. The number of hydrogen-bond donors (Lipinski definition) is 2. The summed E-state index contributed by atoms with van der Waals surface area (Å²) in [5, 5.41) is 22.0. The van der Waals surface area contributed by atoms with E-state index in [1.807, 2.05) is 30.3 Å². The lowest BCUT2D eigenvalue weighted by Gasteiger charge is -2.41. The number of carboxylic acid groups (broad SMARTS) is 1. The number of nitrogens with zero attached hydrogens (tertiary/aromatic N) is 3. The molecule has 1 fully saturated rings. The van der Waals surface area contributed by atoms with Gasteiger partial charge in [-0.25, -0.2) is 0 Å². The number of methoxy groups -OCH3 is 1. The summed E-state index contributed by atoms with van der Waals surface area (Å²) >= 11 is 6.47. The Hall–Kier alpha value is -3.18. The molecule has 0 saturated carbocycles. The van der Waals surface area contributed by atoms with Crippen molar-refractivity contribution in [2.75, 3.05) is 26.7 Å². The molecule has 0 amide bonds. The third kappa shape index (κ3) is 6.33. The highest BCUT2D eigenvalue weighted by Crippen LogP contribution is 2.43. The van der Waals surface area contributed by atoms with Gasteiger partial charge in [-0.15, -0.1) is 0 Å². The molecule has 36 heavy (non-hydrogen) atoms. The number of pyridine rings is 2. The summed E-state index contributed by atoms with van der Waals surface area (Å²) < 4.78 is 5.34. The number of ether oxygens (including phenoxy) is 1. The van der Waals surface area contributed by atoms with E-state index in [-0.39, 0.29) is 11.8 Å². The van der Waals surface area contributed by atoms with E-state index in [0.717, 1.165) is 42.4 Å². The number of benzene rings is 1. The maximum atomic E-state index is 11.7. The molecule has 0 spiro atoms. The van der Waals surface area contributed by atoms with E-state index in [9.17, 15) is 15.0 Å². The summed E-state index contributed by atoms with van der Waals surface area (Å²) in [6.45, 7) is 2.16. The molecule has 0 radical (unpaired) electrons. The molecule has 1 aliphatic heterocycles. The molecule has 2 aromatic heterocycles. The number of aliphatic hydroxyl groups excluding tert-OH is 1. The maximum Gasteiger partial charge on any atom is 0.303 e. The fourth-order valence-corrected chi connectivity index (χ4v) is 5.21. The summed E-state index contributed by atoms with van der Waals surface area (Å²) in [7, 11) is 1.59. The molecule has 1 aliphatic rings. The lowest BCUT2D eigenvalue weighted by molar-refractivity contribution is -0.141. The van der Waals surface area contributed by atoms with Crippen molar-refractivity contribution in [3.8, 4) is 17.6 Å². The standard InChI is InChI=1S/C28H30ClN3O4/c1-36-21-6-7-24-22(16-21)27(23(29)19-31-24)25(33)8-9-28(17-26(34)35)10-14-32(15-11-28)13-3-5-20-4-2-12-30-18-20/h2,4,6-7,12,16,18-19,25,33H,8-11,13-15,17H2,1H3,(H,34,35). The number of aliphatic hydroxyl groups is 1. The van der Waals surface area contributed by atoms with Gasteiger partial charge in [-0.05, 0) is 74.5 Å². The number of halogens is 1. The van der Waals surface area contributed by atoms with Crippen LogP contribution in [0.4, 0.5) is 0 Å². The molecular formula is C28H30ClN3O4. The van der Waals surface area contributed by atoms with E-state index >= 15 is 0 Å². The second-order valence-corrected chi connectivity index (χ2v) is 9.75. The van der Waals surface area contributed by atoms with E-state index in [2.05, 4.69) is 26.7 Å². The molecule has 188 valence electrons. The highest BCUT2D eigenvalue weighted by atomic mass is 35.5. The summed E-state index contributed by atoms with van der Waals surface area (Å²) in [6.07, 6.45) is 6.70. The average molecular weight is 508 g/mol. The number of carbonyl (C=O) groups is 1. The molecule has 1 atom stereocenters. The number of hydrogen-bond acceptors (Lipinski definition) is 6. The molecule has 7 nitrogen and oxygen atoms in total. The fourth-order valence-electron chi connectivity index (χ4n) is 4.93. The number of aliphatic carboxylic acids is 1. The maximum absolute atomic E-state index is 11.7. The lowest BCUT2D eigenvalue weighted by Crippen LogP contribution is -2.41. The van der Waals surface area contributed by atoms with Crippen LogP contribution in [0.25, 0.3) is 10.9 Å². The SMILES string of the molecule is COc1ccc2ncc(Cl)c(C(O)CCC3(CC(=O)O)CCN(CC#Cc4cccnc4)CC3)c2c1. The number of carboxylic acids is 1. The zero-order chi connectivity index (χ0) is 25.5. The van der Waals surface area contributed by atoms with Crippen molar-refractivity contribution in [2.45, 2.75) is 38.2 Å². The van der Waals surface area contributed by atoms with Crippen LogP contribution in [0.15, 0.2) is 48.9 Å². The molecule has 3 heterocycles. The molecule has 1 unspecified atom stereocenters. The smallest absolute Gasteiger partial charge is 0.303 e. The van der Waals surface area contributed by atoms with Crippen LogP contribution >= 0.6 is 11.6 Å². The summed E-state index contributed by atoms with van der Waals surface area (Å²) in [4.78, 5) is 22.4. The van der Waals surface area contributed by atoms with Crippen LogP contribution < -0.4 is 4.74 Å². The molecular weight excluding hydrogens is 478 g/mol. The second kappa shape index (κ2) is 11.7. The van der Waals surface area contributed by atoms with Crippen molar-refractivity contribution >= 4 is 28.5 Å². The van der Waals surface area contributed by atoms with Crippen LogP contribution in [0.3, 0.4) is 0 Å². The first-order valence-electron chi connectivity index (χ1n) is 12.0. The van der Waals surface area contributed by atoms with Gasteiger partial charge in [-0.2, -0.15) is 0 Å². The topological polar surface area (TPSA) is 95.8 Å². The van der Waals surface area contributed by atoms with Gasteiger partial charge >= 0.3 is 5.97 Å². The van der Waals surface area contributed by atoms with Gasteiger partial charge in [0, 0.05) is 35.1 Å². The normalized spacial score (nSPS) is 16.2. The van der Waals surface area contributed by atoms with Gasteiger partial charge in [0.2, 0.25) is 0 Å². The van der Waals surface area contributed by atoms with Crippen molar-refractivity contribution in [3.05, 3.63) is 65.1 Å². The van der Waals surface area contributed by atoms with E-state index in [1.54, 1.807) is 25.7 Å². The highest BCUT2D eigenvalue weighted by Gasteiger charge is 2.37. The van der Waals surface area contributed by atoms with Gasteiger partial charge in [-0.1, -0.05) is 23.4 Å². The number of aromatic nitrogens is 2. The predicted octanol–water partition coefficient (Wildman–Crippen LogP) is 4.71. The Balaban J connectivity index is 1.43. The molecule has 1 saturated heterocycles. The minimum atomic E-state index is -0.843. The van der Waals surface area contributed by atoms with Crippen LogP contribution in [0.2, 0.25) is 5.02 Å². The summed E-state index contributed by atoms with van der Waals surface area (Å²) in [5.74, 6) is 6.16. The lowest BCUT2D eigenvalue weighted by atomic mass is 9.71. The van der Waals surface area contributed by atoms with E-state index in [0.29, 0.717) is 35.7 Å². The van der Waals surface area contributed by atoms with E-state index < -0.39 is 12.1 Å². The zero-order valence-electron chi connectivity index (χ0n) is 20.3. The Kier molecular flexibility index (Phi) is 8.42. The average Bonchev–Trinajstić information content (AvgIpc) is 2.88. The van der Waals surface area contributed by atoms with Crippen LogP contribution in [-0.2, 0) is 4.79 Å². The Labute approximate surface area is 216 Å². The summed E-state index contributed by atoms with van der Waals surface area (Å²) in [5.41, 5.74) is 1.82. The van der Waals surface area contributed by atoms with Gasteiger partial charge in [-0.3, -0.25) is 19.7 Å². The molecule has 4 rings (SSSR count). The zero-order valence-corrected chi connectivity index (χ0v) is 21.0. The second-order valence-electron chi connectivity index (χ2n) is 9.35. The van der Waals surface area contributed by atoms with Crippen molar-refractivity contribution in [1.82, 2.24) is 14.9 Å². The summed E-state index contributed by atoms with van der Waals surface area (Å²) in [6, 6.07) is 9.26. The third-order valence-corrected chi connectivity index (χ3v) is 7.29. The first-order valence-corrected chi connectivity index (χ1v) is 12.4. The van der Waals surface area contributed by atoms with Crippen LogP contribution in [0, 0.1) is 17.3 Å². The monoisotopic (exact) mass is 507 g/mol. The Morgan fingerprint density at radius 3 is 2.78 bits per heavy atom. The van der Waals surface area contributed by atoms with E-state index in [1.165, 1.54) is 0 Å².